The number of carbonyl (C=O) groups excluding carboxylic acids is 1. The van der Waals surface area contributed by atoms with Crippen LogP contribution in [0, 0.1) is 0 Å². The lowest BCUT2D eigenvalue weighted by Crippen LogP contribution is -2.38. The Morgan fingerprint density at radius 2 is 2.00 bits per heavy atom. The van der Waals surface area contributed by atoms with Gasteiger partial charge in [0.1, 0.15) is 12.4 Å². The van der Waals surface area contributed by atoms with Crippen LogP contribution in [0.15, 0.2) is 36.4 Å². The van der Waals surface area contributed by atoms with E-state index in [-0.39, 0.29) is 0 Å². The summed E-state index contributed by atoms with van der Waals surface area (Å²) in [6, 6.07) is 11.5. The molecule has 4 rings (SSSR count). The molecule has 0 unspecified atom stereocenters. The van der Waals surface area contributed by atoms with E-state index in [2.05, 4.69) is 22.3 Å². The van der Waals surface area contributed by atoms with Gasteiger partial charge in [0.25, 0.3) is 0 Å². The van der Waals surface area contributed by atoms with Crippen molar-refractivity contribution in [2.45, 2.75) is 6.42 Å². The zero-order valence-electron chi connectivity index (χ0n) is 14.7. The first-order valence-corrected chi connectivity index (χ1v) is 8.96. The van der Waals surface area contributed by atoms with E-state index in [1.165, 1.54) is 5.56 Å². The fraction of sp³-hybridized carbons (Fsp3) is 0.350. The predicted octanol–water partition coefficient (Wildman–Crippen LogP) is 2.46. The van der Waals surface area contributed by atoms with E-state index < -0.39 is 6.03 Å². The van der Waals surface area contributed by atoms with Crippen LogP contribution < -0.4 is 15.8 Å². The van der Waals surface area contributed by atoms with Gasteiger partial charge in [0.05, 0.1) is 13.2 Å². The molecular formula is C20H23N3O3. The molecule has 1 saturated heterocycles. The number of morpholine rings is 1. The Hall–Kier alpha value is -2.57. The summed E-state index contributed by atoms with van der Waals surface area (Å²) in [5.41, 5.74) is 10.6. The van der Waals surface area contributed by atoms with Crippen molar-refractivity contribution in [3.63, 3.8) is 0 Å². The minimum absolute atomic E-state index is 0.552. The molecule has 0 aromatic heterocycles. The second kappa shape index (κ2) is 7.35. The van der Waals surface area contributed by atoms with Gasteiger partial charge >= 0.3 is 6.03 Å². The van der Waals surface area contributed by atoms with Crippen molar-refractivity contribution < 1.29 is 14.3 Å². The van der Waals surface area contributed by atoms with Gasteiger partial charge in [0.15, 0.2) is 0 Å². The summed E-state index contributed by atoms with van der Waals surface area (Å²) in [6.45, 7) is 4.97. The molecule has 2 aromatic rings. The van der Waals surface area contributed by atoms with E-state index in [0.717, 1.165) is 67.4 Å². The summed E-state index contributed by atoms with van der Waals surface area (Å²) in [7, 11) is 0. The number of urea groups is 1. The first kappa shape index (κ1) is 16.9. The van der Waals surface area contributed by atoms with Gasteiger partial charge in [0.2, 0.25) is 0 Å². The van der Waals surface area contributed by atoms with E-state index in [9.17, 15) is 4.79 Å². The van der Waals surface area contributed by atoms with Crippen LogP contribution in [0.2, 0.25) is 0 Å². The number of ether oxygens (including phenoxy) is 2. The molecule has 2 amide bonds. The maximum absolute atomic E-state index is 11.3. The Labute approximate surface area is 152 Å². The number of anilines is 1. The van der Waals surface area contributed by atoms with Crippen LogP contribution in [0.5, 0.6) is 5.75 Å². The molecule has 3 N–H and O–H groups in total. The smallest absolute Gasteiger partial charge is 0.316 e. The van der Waals surface area contributed by atoms with E-state index in [4.69, 9.17) is 15.2 Å². The third kappa shape index (κ3) is 3.38. The minimum Gasteiger partial charge on any atom is -0.492 e. The summed E-state index contributed by atoms with van der Waals surface area (Å²) >= 11 is 0. The Morgan fingerprint density at radius 3 is 2.81 bits per heavy atom. The van der Waals surface area contributed by atoms with Gasteiger partial charge in [-0.1, -0.05) is 24.3 Å². The first-order chi connectivity index (χ1) is 12.7. The summed E-state index contributed by atoms with van der Waals surface area (Å²) < 4.78 is 11.5. The lowest BCUT2D eigenvalue weighted by atomic mass is 10.0. The van der Waals surface area contributed by atoms with Crippen LogP contribution in [0.4, 0.5) is 10.5 Å². The van der Waals surface area contributed by atoms with Crippen molar-refractivity contribution in [1.82, 2.24) is 4.90 Å². The zero-order chi connectivity index (χ0) is 17.9. The molecule has 2 aliphatic rings. The molecule has 1 aliphatic heterocycles. The molecule has 0 bridgehead atoms. The van der Waals surface area contributed by atoms with Gasteiger partial charge in [-0.2, -0.15) is 0 Å². The monoisotopic (exact) mass is 353 g/mol. The molecule has 136 valence electrons. The van der Waals surface area contributed by atoms with Gasteiger partial charge in [0, 0.05) is 37.3 Å². The highest BCUT2D eigenvalue weighted by Gasteiger charge is 2.25. The molecule has 1 aliphatic carbocycles. The SMILES string of the molecule is NC(=O)Nc1ccc(OCCN2CCOCC2)c2c1Cc1ccccc1-2. The fourth-order valence-corrected chi connectivity index (χ4v) is 3.69. The molecule has 0 spiro atoms. The minimum atomic E-state index is -0.552. The van der Waals surface area contributed by atoms with E-state index in [1.807, 2.05) is 24.3 Å². The van der Waals surface area contributed by atoms with Gasteiger partial charge in [-0.3, -0.25) is 4.90 Å². The number of nitrogens with two attached hydrogens (primary N) is 1. The van der Waals surface area contributed by atoms with Crippen LogP contribution in [-0.4, -0.2) is 50.4 Å². The molecule has 26 heavy (non-hydrogen) atoms. The number of hydrogen-bond donors (Lipinski definition) is 2. The Kier molecular flexibility index (Phi) is 4.77. The van der Waals surface area contributed by atoms with Crippen LogP contribution in [0.25, 0.3) is 11.1 Å². The maximum Gasteiger partial charge on any atom is 0.316 e. The Morgan fingerprint density at radius 1 is 1.19 bits per heavy atom. The molecule has 2 aromatic carbocycles. The summed E-state index contributed by atoms with van der Waals surface area (Å²) in [5.74, 6) is 0.855. The predicted molar refractivity (Wildman–Crippen MR) is 101 cm³/mol. The lowest BCUT2D eigenvalue weighted by Gasteiger charge is -2.26. The van der Waals surface area contributed by atoms with Gasteiger partial charge < -0.3 is 20.5 Å². The summed E-state index contributed by atoms with van der Waals surface area (Å²) in [6.07, 6.45) is 0.766. The first-order valence-electron chi connectivity index (χ1n) is 8.96. The third-order valence-electron chi connectivity index (χ3n) is 4.96. The average Bonchev–Trinajstić information content (AvgIpc) is 3.04. The summed E-state index contributed by atoms with van der Waals surface area (Å²) in [5, 5.41) is 2.74. The van der Waals surface area contributed by atoms with Crippen molar-refractivity contribution in [2.75, 3.05) is 44.8 Å². The average molecular weight is 353 g/mol. The van der Waals surface area contributed by atoms with Crippen molar-refractivity contribution in [3.05, 3.63) is 47.5 Å². The quantitative estimate of drug-likeness (QED) is 0.739. The third-order valence-corrected chi connectivity index (χ3v) is 4.96. The second-order valence-corrected chi connectivity index (χ2v) is 6.59. The van der Waals surface area contributed by atoms with E-state index >= 15 is 0 Å². The van der Waals surface area contributed by atoms with Crippen molar-refractivity contribution in [2.24, 2.45) is 5.73 Å². The highest BCUT2D eigenvalue weighted by Crippen LogP contribution is 2.45. The number of rotatable bonds is 5. The van der Waals surface area contributed by atoms with Crippen molar-refractivity contribution in [3.8, 4) is 16.9 Å². The maximum atomic E-state index is 11.3. The van der Waals surface area contributed by atoms with Crippen molar-refractivity contribution in [1.29, 1.82) is 0 Å². The van der Waals surface area contributed by atoms with Crippen LogP contribution in [-0.2, 0) is 11.2 Å². The van der Waals surface area contributed by atoms with Crippen LogP contribution >= 0.6 is 0 Å². The summed E-state index contributed by atoms with van der Waals surface area (Å²) in [4.78, 5) is 13.7. The van der Waals surface area contributed by atoms with E-state index in [0.29, 0.717) is 6.61 Å². The number of nitrogens with zero attached hydrogens (tertiary/aromatic N) is 1. The number of fused-ring (bicyclic) bond motifs is 3. The standard InChI is InChI=1S/C20H23N3O3/c21-20(24)22-17-5-6-18(26-12-9-23-7-10-25-11-8-23)19-15-4-2-1-3-14(15)13-16(17)19/h1-6H,7-13H2,(H3,21,22,24). The Balaban J connectivity index is 1.57. The van der Waals surface area contributed by atoms with Gasteiger partial charge in [-0.05, 0) is 28.8 Å². The number of primary amides is 1. The second-order valence-electron chi connectivity index (χ2n) is 6.59. The van der Waals surface area contributed by atoms with Crippen molar-refractivity contribution >= 4 is 11.7 Å². The highest BCUT2D eigenvalue weighted by molar-refractivity contribution is 5.94. The molecule has 0 radical (unpaired) electrons. The number of hydrogen-bond acceptors (Lipinski definition) is 4. The Bertz CT molecular complexity index is 816. The van der Waals surface area contributed by atoms with Gasteiger partial charge in [-0.15, -0.1) is 0 Å². The number of carbonyl (C=O) groups is 1. The number of nitrogens with one attached hydrogen (secondary N) is 1. The number of benzene rings is 2. The highest BCUT2D eigenvalue weighted by atomic mass is 16.5. The molecule has 6 heteroatoms. The topological polar surface area (TPSA) is 76.8 Å². The fourth-order valence-electron chi connectivity index (χ4n) is 3.69. The molecular weight excluding hydrogens is 330 g/mol. The van der Waals surface area contributed by atoms with Crippen LogP contribution in [0.1, 0.15) is 11.1 Å². The largest absolute Gasteiger partial charge is 0.492 e. The lowest BCUT2D eigenvalue weighted by molar-refractivity contribution is 0.0323. The molecule has 0 saturated carbocycles. The molecule has 1 fully saturated rings. The molecule has 1 heterocycles. The van der Waals surface area contributed by atoms with E-state index in [1.54, 1.807) is 0 Å². The normalized spacial score (nSPS) is 16.0. The molecule has 6 nitrogen and oxygen atoms in total. The van der Waals surface area contributed by atoms with Crippen LogP contribution in [0.3, 0.4) is 0 Å². The number of amides is 2. The zero-order valence-corrected chi connectivity index (χ0v) is 14.7. The molecule has 0 atom stereocenters. The van der Waals surface area contributed by atoms with Gasteiger partial charge in [-0.25, -0.2) is 4.79 Å².